The van der Waals surface area contributed by atoms with Crippen LogP contribution in [0.1, 0.15) is 60.8 Å². The number of carbonyl (C=O) groups is 3. The molecule has 2 N–H and O–H groups in total. The SMILES string of the molecule is C=CCN(C(=O)C1N(CCCO)C(=O)[C@@H]2[C@@H](C(=O)O)[C@H]3CC(C)C12S3)C(C)(C)CC(C)(C)C. The van der Waals surface area contributed by atoms with Gasteiger partial charge in [0.15, 0.2) is 0 Å². The van der Waals surface area contributed by atoms with E-state index in [0.717, 1.165) is 6.42 Å². The summed E-state index contributed by atoms with van der Waals surface area (Å²) in [6, 6.07) is -0.741. The van der Waals surface area contributed by atoms with Gasteiger partial charge >= 0.3 is 5.97 Å². The van der Waals surface area contributed by atoms with Crippen molar-refractivity contribution < 1.29 is 24.6 Å². The molecule has 6 atom stereocenters. The van der Waals surface area contributed by atoms with Crippen LogP contribution in [-0.2, 0) is 14.4 Å². The second-order valence-electron chi connectivity index (χ2n) is 11.8. The summed E-state index contributed by atoms with van der Waals surface area (Å²) in [5.74, 6) is -2.78. The van der Waals surface area contributed by atoms with Gasteiger partial charge in [-0.2, -0.15) is 0 Å². The Balaban J connectivity index is 2.10. The zero-order chi connectivity index (χ0) is 24.9. The van der Waals surface area contributed by atoms with Crippen LogP contribution in [0.3, 0.4) is 0 Å². The summed E-state index contributed by atoms with van der Waals surface area (Å²) in [4.78, 5) is 43.7. The molecule has 3 saturated heterocycles. The van der Waals surface area contributed by atoms with Crippen LogP contribution in [0, 0.1) is 23.2 Å². The number of carbonyl (C=O) groups excluding carboxylic acids is 2. The average molecular weight is 481 g/mol. The predicted octanol–water partition coefficient (Wildman–Crippen LogP) is 3.02. The predicted molar refractivity (Wildman–Crippen MR) is 130 cm³/mol. The lowest BCUT2D eigenvalue weighted by molar-refractivity contribution is -0.149. The largest absolute Gasteiger partial charge is 0.481 e. The Morgan fingerprint density at radius 3 is 2.45 bits per heavy atom. The first kappa shape index (κ1) is 26.1. The van der Waals surface area contributed by atoms with E-state index < -0.39 is 34.1 Å². The number of carboxylic acids is 1. The minimum atomic E-state index is -0.953. The van der Waals surface area contributed by atoms with Crippen LogP contribution in [0.4, 0.5) is 0 Å². The smallest absolute Gasteiger partial charge is 0.308 e. The number of aliphatic carboxylic acids is 1. The van der Waals surface area contributed by atoms with E-state index >= 15 is 0 Å². The molecule has 0 aromatic rings. The fourth-order valence-electron chi connectivity index (χ4n) is 6.87. The highest BCUT2D eigenvalue weighted by Gasteiger charge is 2.76. The summed E-state index contributed by atoms with van der Waals surface area (Å²) in [5.41, 5.74) is -0.505. The molecule has 8 heteroatoms. The number of hydrogen-bond acceptors (Lipinski definition) is 5. The van der Waals surface area contributed by atoms with Crippen molar-refractivity contribution in [2.24, 2.45) is 23.2 Å². The molecule has 7 nitrogen and oxygen atoms in total. The van der Waals surface area contributed by atoms with Gasteiger partial charge in [0.25, 0.3) is 0 Å². The van der Waals surface area contributed by atoms with E-state index in [0.29, 0.717) is 19.4 Å². The maximum absolute atomic E-state index is 14.4. The zero-order valence-corrected chi connectivity index (χ0v) is 21.7. The number of aliphatic hydroxyl groups excluding tert-OH is 1. The van der Waals surface area contributed by atoms with Crippen LogP contribution in [0.25, 0.3) is 0 Å². The molecule has 186 valence electrons. The third kappa shape index (κ3) is 4.22. The molecule has 1 spiro atoms. The van der Waals surface area contributed by atoms with Crippen LogP contribution < -0.4 is 0 Å². The lowest BCUT2D eigenvalue weighted by Crippen LogP contribution is -2.61. The maximum atomic E-state index is 14.4. The monoisotopic (exact) mass is 480 g/mol. The number of hydrogen-bond donors (Lipinski definition) is 2. The first-order chi connectivity index (χ1) is 15.2. The number of fused-ring (bicyclic) bond motifs is 1. The van der Waals surface area contributed by atoms with Gasteiger partial charge in [-0.1, -0.05) is 33.8 Å². The first-order valence-corrected chi connectivity index (χ1v) is 12.8. The van der Waals surface area contributed by atoms with Gasteiger partial charge in [-0.15, -0.1) is 18.3 Å². The second kappa shape index (κ2) is 8.91. The Morgan fingerprint density at radius 2 is 1.94 bits per heavy atom. The summed E-state index contributed by atoms with van der Waals surface area (Å²) in [6.45, 7) is 16.9. The van der Waals surface area contributed by atoms with E-state index in [9.17, 15) is 24.6 Å². The zero-order valence-electron chi connectivity index (χ0n) is 20.8. The van der Waals surface area contributed by atoms with E-state index in [1.165, 1.54) is 0 Å². The molecule has 3 heterocycles. The normalized spacial score (nSPS) is 33.4. The summed E-state index contributed by atoms with van der Waals surface area (Å²) < 4.78 is -0.755. The number of aliphatic hydroxyl groups is 1. The van der Waals surface area contributed by atoms with E-state index in [4.69, 9.17) is 0 Å². The van der Waals surface area contributed by atoms with Crippen LogP contribution in [0.2, 0.25) is 0 Å². The summed E-state index contributed by atoms with van der Waals surface area (Å²) in [6.07, 6.45) is 3.52. The van der Waals surface area contributed by atoms with E-state index in [2.05, 4.69) is 34.3 Å². The molecule has 2 bridgehead atoms. The van der Waals surface area contributed by atoms with Crippen molar-refractivity contribution in [3.05, 3.63) is 12.7 Å². The van der Waals surface area contributed by atoms with Crippen LogP contribution in [0.5, 0.6) is 0 Å². The molecule has 3 aliphatic heterocycles. The van der Waals surface area contributed by atoms with Gasteiger partial charge in [-0.3, -0.25) is 14.4 Å². The highest BCUT2D eigenvalue weighted by atomic mass is 32.2. The fraction of sp³-hybridized carbons (Fsp3) is 0.800. The highest BCUT2D eigenvalue weighted by Crippen LogP contribution is 2.68. The van der Waals surface area contributed by atoms with Crippen molar-refractivity contribution in [2.45, 2.75) is 82.4 Å². The Kier molecular flexibility index (Phi) is 7.04. The molecule has 0 aromatic heterocycles. The molecular formula is C25H40N2O5S. The van der Waals surface area contributed by atoms with Crippen LogP contribution in [-0.4, -0.2) is 79.1 Å². The summed E-state index contributed by atoms with van der Waals surface area (Å²) >= 11 is 1.55. The maximum Gasteiger partial charge on any atom is 0.308 e. The molecule has 0 aromatic carbocycles. The van der Waals surface area contributed by atoms with Crippen LogP contribution >= 0.6 is 11.8 Å². The molecule has 3 fully saturated rings. The minimum absolute atomic E-state index is 0.0195. The molecule has 33 heavy (non-hydrogen) atoms. The number of amides is 2. The quantitative estimate of drug-likeness (QED) is 0.492. The van der Waals surface area contributed by atoms with Gasteiger partial charge in [-0.25, -0.2) is 0 Å². The van der Waals surface area contributed by atoms with Gasteiger partial charge in [0.2, 0.25) is 11.8 Å². The van der Waals surface area contributed by atoms with Gasteiger partial charge in [0.05, 0.1) is 16.6 Å². The van der Waals surface area contributed by atoms with Gasteiger partial charge in [0, 0.05) is 30.5 Å². The lowest BCUT2D eigenvalue weighted by Gasteiger charge is -2.46. The minimum Gasteiger partial charge on any atom is -0.481 e. The summed E-state index contributed by atoms with van der Waals surface area (Å²) in [5, 5.41) is 19.3. The molecule has 2 amide bonds. The fourth-order valence-corrected chi connectivity index (χ4v) is 9.28. The van der Waals surface area contributed by atoms with Crippen molar-refractivity contribution in [3.8, 4) is 0 Å². The average Bonchev–Trinajstić information content (AvgIpc) is 3.25. The van der Waals surface area contributed by atoms with Crippen molar-refractivity contribution in [1.82, 2.24) is 9.80 Å². The van der Waals surface area contributed by atoms with E-state index in [-0.39, 0.29) is 41.5 Å². The number of rotatable bonds is 9. The Labute approximate surface area is 202 Å². The van der Waals surface area contributed by atoms with Gasteiger partial charge < -0.3 is 20.0 Å². The van der Waals surface area contributed by atoms with Crippen LogP contribution in [0.15, 0.2) is 12.7 Å². The molecule has 0 aliphatic carbocycles. The van der Waals surface area contributed by atoms with Gasteiger partial charge in [-0.05, 0) is 44.4 Å². The van der Waals surface area contributed by atoms with Crippen molar-refractivity contribution in [3.63, 3.8) is 0 Å². The number of nitrogens with zero attached hydrogens (tertiary/aromatic N) is 2. The standard InChI is InChI=1S/C25H40N2O5S/c1-8-10-27(24(6,7)14-23(3,4)5)21(30)19-25-15(2)13-16(33-25)17(22(31)32)18(25)20(29)26(19)11-9-12-28/h8,15-19,28H,1,9-14H2,2-7H3,(H,31,32)/t15?,16-,17+,18+,19?,25?/m1/s1. The summed E-state index contributed by atoms with van der Waals surface area (Å²) in [7, 11) is 0. The molecular weight excluding hydrogens is 440 g/mol. The lowest BCUT2D eigenvalue weighted by atomic mass is 9.66. The van der Waals surface area contributed by atoms with Crippen molar-refractivity contribution in [1.29, 1.82) is 0 Å². The number of likely N-dealkylation sites (tertiary alicyclic amines) is 1. The molecule has 0 radical (unpaired) electrons. The molecule has 3 aliphatic rings. The Bertz CT molecular complexity index is 822. The third-order valence-electron chi connectivity index (χ3n) is 7.59. The Hall–Kier alpha value is -1.54. The third-order valence-corrected chi connectivity index (χ3v) is 9.67. The molecule has 3 rings (SSSR count). The molecule has 3 unspecified atom stereocenters. The van der Waals surface area contributed by atoms with E-state index in [1.807, 2.05) is 18.7 Å². The van der Waals surface area contributed by atoms with Gasteiger partial charge in [0.1, 0.15) is 6.04 Å². The highest BCUT2D eigenvalue weighted by molar-refractivity contribution is 8.02. The molecule has 0 saturated carbocycles. The first-order valence-electron chi connectivity index (χ1n) is 12.0. The van der Waals surface area contributed by atoms with Crippen molar-refractivity contribution >= 4 is 29.5 Å². The van der Waals surface area contributed by atoms with Crippen molar-refractivity contribution in [2.75, 3.05) is 19.7 Å². The van der Waals surface area contributed by atoms with E-state index in [1.54, 1.807) is 22.7 Å². The Morgan fingerprint density at radius 1 is 1.30 bits per heavy atom. The topological polar surface area (TPSA) is 98.2 Å². The second-order valence-corrected chi connectivity index (χ2v) is 13.3. The number of carboxylic acid groups (broad SMARTS) is 1. The number of thioether (sulfide) groups is 1.